The third kappa shape index (κ3) is 3.69. The molecule has 0 radical (unpaired) electrons. The lowest BCUT2D eigenvalue weighted by molar-refractivity contribution is -0.137. The van der Waals surface area contributed by atoms with Crippen LogP contribution in [0.2, 0.25) is 0 Å². The van der Waals surface area contributed by atoms with Crippen LogP contribution >= 0.6 is 0 Å². The number of pyridine rings is 1. The van der Waals surface area contributed by atoms with Gasteiger partial charge >= 0.3 is 0 Å². The molecule has 1 N–H and O–H groups in total. The van der Waals surface area contributed by atoms with Crippen molar-refractivity contribution >= 4 is 16.8 Å². The standard InChI is InChI=1S/C20H26N2O2/c1-2-12-22(20(24)15-8-4-3-5-9-15)14-17-13-16-10-6-7-11-18(16)21-19(17)23/h6-7,10-11,13,15H,2-5,8-9,12,14H2,1H3,(H,21,23). The van der Waals surface area contributed by atoms with E-state index in [1.54, 1.807) is 0 Å². The number of carbonyl (C=O) groups excluding carboxylic acids is 1. The molecule has 3 rings (SSSR count). The zero-order chi connectivity index (χ0) is 16.9. The molecule has 1 aromatic carbocycles. The highest BCUT2D eigenvalue weighted by atomic mass is 16.2. The molecule has 1 aliphatic rings. The molecule has 0 atom stereocenters. The fourth-order valence-corrected chi connectivity index (χ4v) is 3.66. The van der Waals surface area contributed by atoms with Gasteiger partial charge in [0.05, 0.1) is 6.54 Å². The van der Waals surface area contributed by atoms with Crippen LogP contribution in [0.5, 0.6) is 0 Å². The van der Waals surface area contributed by atoms with Crippen molar-refractivity contribution in [2.75, 3.05) is 6.54 Å². The second-order valence-electron chi connectivity index (χ2n) is 6.81. The number of hydrogen-bond donors (Lipinski definition) is 1. The van der Waals surface area contributed by atoms with Crippen LogP contribution in [-0.2, 0) is 11.3 Å². The van der Waals surface area contributed by atoms with E-state index >= 15 is 0 Å². The number of fused-ring (bicyclic) bond motifs is 1. The van der Waals surface area contributed by atoms with Gasteiger partial charge in [-0.1, -0.05) is 44.4 Å². The molecule has 2 aromatic rings. The molecule has 1 amide bonds. The highest BCUT2D eigenvalue weighted by Crippen LogP contribution is 2.26. The molecule has 1 saturated carbocycles. The number of carbonyl (C=O) groups is 1. The number of nitrogens with one attached hydrogen (secondary N) is 1. The minimum Gasteiger partial charge on any atom is -0.338 e. The molecule has 0 unspecified atom stereocenters. The molecule has 1 fully saturated rings. The second kappa shape index (κ2) is 7.65. The predicted molar refractivity (Wildman–Crippen MR) is 96.9 cm³/mol. The fourth-order valence-electron chi connectivity index (χ4n) is 3.66. The van der Waals surface area contributed by atoms with E-state index in [2.05, 4.69) is 11.9 Å². The van der Waals surface area contributed by atoms with Gasteiger partial charge in [0, 0.05) is 23.5 Å². The molecule has 0 saturated heterocycles. The van der Waals surface area contributed by atoms with Crippen LogP contribution in [0.25, 0.3) is 10.9 Å². The van der Waals surface area contributed by atoms with Crippen LogP contribution in [0, 0.1) is 5.92 Å². The summed E-state index contributed by atoms with van der Waals surface area (Å²) < 4.78 is 0. The average Bonchev–Trinajstić information content (AvgIpc) is 2.62. The topological polar surface area (TPSA) is 53.2 Å². The summed E-state index contributed by atoms with van der Waals surface area (Å²) in [6.07, 6.45) is 6.42. The summed E-state index contributed by atoms with van der Waals surface area (Å²) in [6, 6.07) is 9.68. The van der Waals surface area contributed by atoms with Crippen LogP contribution in [0.3, 0.4) is 0 Å². The zero-order valence-electron chi connectivity index (χ0n) is 14.4. The van der Waals surface area contributed by atoms with E-state index in [1.165, 1.54) is 6.42 Å². The lowest BCUT2D eigenvalue weighted by Gasteiger charge is -2.29. The molecule has 1 heterocycles. The van der Waals surface area contributed by atoms with Gasteiger partial charge in [-0.25, -0.2) is 0 Å². The number of aromatic nitrogens is 1. The van der Waals surface area contributed by atoms with Crippen molar-refractivity contribution in [1.82, 2.24) is 9.88 Å². The molecular formula is C20H26N2O2. The van der Waals surface area contributed by atoms with Crippen LogP contribution in [0.1, 0.15) is 51.0 Å². The SMILES string of the molecule is CCCN(Cc1cc2ccccc2[nH]c1=O)C(=O)C1CCCCC1. The van der Waals surface area contributed by atoms with E-state index in [9.17, 15) is 9.59 Å². The number of H-pyrrole nitrogens is 1. The van der Waals surface area contributed by atoms with Gasteiger partial charge in [-0.3, -0.25) is 9.59 Å². The number of para-hydroxylation sites is 1. The van der Waals surface area contributed by atoms with Crippen molar-refractivity contribution in [2.24, 2.45) is 5.92 Å². The molecule has 128 valence electrons. The highest BCUT2D eigenvalue weighted by molar-refractivity contribution is 5.80. The molecule has 0 bridgehead atoms. The van der Waals surface area contributed by atoms with Gasteiger partial charge < -0.3 is 9.88 Å². The van der Waals surface area contributed by atoms with Gasteiger partial charge in [0.1, 0.15) is 0 Å². The van der Waals surface area contributed by atoms with Crippen molar-refractivity contribution in [3.63, 3.8) is 0 Å². The Bertz CT molecular complexity index is 760. The minimum absolute atomic E-state index is 0.0914. The lowest BCUT2D eigenvalue weighted by Crippen LogP contribution is -2.38. The number of hydrogen-bond acceptors (Lipinski definition) is 2. The summed E-state index contributed by atoms with van der Waals surface area (Å²) in [6.45, 7) is 3.19. The quantitative estimate of drug-likeness (QED) is 0.907. The normalized spacial score (nSPS) is 15.5. The first-order valence-electron chi connectivity index (χ1n) is 9.08. The Kier molecular flexibility index (Phi) is 5.34. The average molecular weight is 326 g/mol. The Balaban J connectivity index is 1.83. The first kappa shape index (κ1) is 16.7. The molecule has 0 aliphatic heterocycles. The van der Waals surface area contributed by atoms with Crippen molar-refractivity contribution in [2.45, 2.75) is 52.0 Å². The molecule has 0 spiro atoms. The summed E-state index contributed by atoms with van der Waals surface area (Å²) in [5.74, 6) is 0.369. The number of benzene rings is 1. The largest absolute Gasteiger partial charge is 0.338 e. The highest BCUT2D eigenvalue weighted by Gasteiger charge is 2.26. The van der Waals surface area contributed by atoms with E-state index in [-0.39, 0.29) is 17.4 Å². The summed E-state index contributed by atoms with van der Waals surface area (Å²) in [5.41, 5.74) is 1.42. The first-order valence-corrected chi connectivity index (χ1v) is 9.08. The van der Waals surface area contributed by atoms with Gasteiger partial charge in [-0.2, -0.15) is 0 Å². The summed E-state index contributed by atoms with van der Waals surface area (Å²) in [4.78, 5) is 30.1. The maximum absolute atomic E-state index is 12.9. The van der Waals surface area contributed by atoms with Gasteiger partial charge in [0.15, 0.2) is 0 Å². The smallest absolute Gasteiger partial charge is 0.253 e. The van der Waals surface area contributed by atoms with Crippen molar-refractivity contribution in [1.29, 1.82) is 0 Å². The van der Waals surface area contributed by atoms with Crippen LogP contribution in [0.15, 0.2) is 35.1 Å². The Labute approximate surface area is 142 Å². The fraction of sp³-hybridized carbons (Fsp3) is 0.500. The van der Waals surface area contributed by atoms with Crippen LogP contribution in [0.4, 0.5) is 0 Å². The van der Waals surface area contributed by atoms with Gasteiger partial charge in [0.2, 0.25) is 5.91 Å². The Hall–Kier alpha value is -2.10. The Morgan fingerprint density at radius 3 is 2.71 bits per heavy atom. The van der Waals surface area contributed by atoms with Gasteiger partial charge in [0.25, 0.3) is 5.56 Å². The van der Waals surface area contributed by atoms with Crippen molar-refractivity contribution in [3.05, 3.63) is 46.2 Å². The molecule has 24 heavy (non-hydrogen) atoms. The van der Waals surface area contributed by atoms with Crippen molar-refractivity contribution < 1.29 is 4.79 Å². The molecular weight excluding hydrogens is 300 g/mol. The number of rotatable bonds is 5. The number of amides is 1. The number of nitrogens with zero attached hydrogens (tertiary/aromatic N) is 1. The van der Waals surface area contributed by atoms with E-state index in [1.807, 2.05) is 35.2 Å². The summed E-state index contributed by atoms with van der Waals surface area (Å²) in [7, 11) is 0. The molecule has 1 aromatic heterocycles. The summed E-state index contributed by atoms with van der Waals surface area (Å²) in [5, 5.41) is 1.01. The Morgan fingerprint density at radius 1 is 1.21 bits per heavy atom. The van der Waals surface area contributed by atoms with Crippen LogP contribution in [-0.4, -0.2) is 22.3 Å². The van der Waals surface area contributed by atoms with Crippen LogP contribution < -0.4 is 5.56 Å². The van der Waals surface area contributed by atoms with E-state index in [0.717, 1.165) is 43.0 Å². The summed E-state index contributed by atoms with van der Waals surface area (Å²) >= 11 is 0. The third-order valence-corrected chi connectivity index (χ3v) is 4.95. The van der Waals surface area contributed by atoms with E-state index < -0.39 is 0 Å². The monoisotopic (exact) mass is 326 g/mol. The first-order chi connectivity index (χ1) is 11.7. The second-order valence-corrected chi connectivity index (χ2v) is 6.81. The Morgan fingerprint density at radius 2 is 1.96 bits per heavy atom. The minimum atomic E-state index is -0.0914. The molecule has 4 nitrogen and oxygen atoms in total. The lowest BCUT2D eigenvalue weighted by atomic mass is 9.88. The van der Waals surface area contributed by atoms with Gasteiger partial charge in [-0.15, -0.1) is 0 Å². The predicted octanol–water partition coefficient (Wildman–Crippen LogP) is 3.85. The molecule has 4 heteroatoms. The third-order valence-electron chi connectivity index (χ3n) is 4.95. The maximum atomic E-state index is 12.9. The number of aromatic amines is 1. The van der Waals surface area contributed by atoms with Crippen molar-refractivity contribution in [3.8, 4) is 0 Å². The zero-order valence-corrected chi connectivity index (χ0v) is 14.4. The maximum Gasteiger partial charge on any atom is 0.253 e. The van der Waals surface area contributed by atoms with Gasteiger partial charge in [-0.05, 0) is 36.8 Å². The van der Waals surface area contributed by atoms with E-state index in [4.69, 9.17) is 0 Å². The van der Waals surface area contributed by atoms with E-state index in [0.29, 0.717) is 18.7 Å². The molecule has 1 aliphatic carbocycles.